The fraction of sp³-hybridized carbons (Fsp3) is 0.111. The highest BCUT2D eigenvalue weighted by atomic mass is 35.5. The quantitative estimate of drug-likeness (QED) is 0.583. The molecule has 0 aromatic heterocycles. The molecule has 4 nitrogen and oxygen atoms in total. The van der Waals surface area contributed by atoms with Crippen LogP contribution in [0, 0.1) is 0 Å². The third-order valence-corrected chi connectivity index (χ3v) is 4.12. The highest BCUT2D eigenvalue weighted by Gasteiger charge is 2.26. The van der Waals surface area contributed by atoms with Gasteiger partial charge in [0.05, 0.1) is 22.2 Å². The lowest BCUT2D eigenvalue weighted by Gasteiger charge is -2.03. The molecule has 0 unspecified atom stereocenters. The van der Waals surface area contributed by atoms with E-state index in [1.165, 1.54) is 0 Å². The number of benzene rings is 2. The molecule has 0 saturated heterocycles. The van der Waals surface area contributed by atoms with Gasteiger partial charge in [0, 0.05) is 0 Å². The Morgan fingerprint density at radius 3 is 2.62 bits per heavy atom. The average Bonchev–Trinajstić information content (AvgIpc) is 2.93. The first kappa shape index (κ1) is 16.6. The Kier molecular flexibility index (Phi) is 4.88. The summed E-state index contributed by atoms with van der Waals surface area (Å²) in [4.78, 5) is 16.2. The molecule has 0 aliphatic carbocycles. The number of esters is 1. The van der Waals surface area contributed by atoms with Gasteiger partial charge in [-0.1, -0.05) is 41.4 Å². The molecule has 0 N–H and O–H groups in total. The normalized spacial score (nSPS) is 15.4. The molecule has 1 heterocycles. The Morgan fingerprint density at radius 2 is 1.92 bits per heavy atom. The van der Waals surface area contributed by atoms with Crippen molar-refractivity contribution in [3.63, 3.8) is 0 Å². The van der Waals surface area contributed by atoms with Crippen LogP contribution in [-0.2, 0) is 9.53 Å². The number of aliphatic imine (C=N–C) groups is 1. The van der Waals surface area contributed by atoms with Crippen molar-refractivity contribution in [1.29, 1.82) is 0 Å². The summed E-state index contributed by atoms with van der Waals surface area (Å²) in [6, 6.07) is 12.4. The Labute approximate surface area is 149 Å². The number of carbonyl (C=O) groups is 1. The Balaban J connectivity index is 1.90. The molecule has 0 fully saturated rings. The van der Waals surface area contributed by atoms with E-state index in [0.717, 1.165) is 11.3 Å². The van der Waals surface area contributed by atoms with Gasteiger partial charge in [-0.25, -0.2) is 9.79 Å². The van der Waals surface area contributed by atoms with Gasteiger partial charge in [-0.2, -0.15) is 0 Å². The molecule has 122 valence electrons. The van der Waals surface area contributed by atoms with E-state index in [1.54, 1.807) is 24.3 Å². The molecule has 3 rings (SSSR count). The molecular formula is C18H13Cl2NO3. The largest absolute Gasteiger partial charge is 0.494 e. The summed E-state index contributed by atoms with van der Waals surface area (Å²) in [5.74, 6) is 0.378. The highest BCUT2D eigenvalue weighted by molar-refractivity contribution is 6.44. The number of ether oxygens (including phenoxy) is 2. The van der Waals surface area contributed by atoms with E-state index in [0.29, 0.717) is 22.2 Å². The van der Waals surface area contributed by atoms with E-state index in [2.05, 4.69) is 4.99 Å². The Bertz CT molecular complexity index is 842. The van der Waals surface area contributed by atoms with E-state index >= 15 is 0 Å². The van der Waals surface area contributed by atoms with Gasteiger partial charge in [-0.3, -0.25) is 0 Å². The standard InChI is InChI=1S/C18H13Cl2NO3/c1-2-23-12-8-6-11(7-9-12)10-15-18(22)24-17(21-15)13-4-3-5-14(19)16(13)20/h3-10H,2H2,1H3. The lowest BCUT2D eigenvalue weighted by molar-refractivity contribution is -0.129. The number of rotatable bonds is 4. The van der Waals surface area contributed by atoms with E-state index in [1.807, 2.05) is 31.2 Å². The molecule has 0 amide bonds. The zero-order valence-electron chi connectivity index (χ0n) is 12.8. The minimum Gasteiger partial charge on any atom is -0.494 e. The van der Waals surface area contributed by atoms with Crippen LogP contribution < -0.4 is 4.74 Å². The minimum absolute atomic E-state index is 0.143. The maximum atomic E-state index is 12.0. The van der Waals surface area contributed by atoms with Crippen LogP contribution in [0.25, 0.3) is 6.08 Å². The van der Waals surface area contributed by atoms with Crippen molar-refractivity contribution in [2.24, 2.45) is 4.99 Å². The SMILES string of the molecule is CCOc1ccc(C=C2N=C(c3cccc(Cl)c3Cl)OC2=O)cc1. The molecule has 24 heavy (non-hydrogen) atoms. The molecule has 1 aliphatic rings. The van der Waals surface area contributed by atoms with Gasteiger partial charge in [0.25, 0.3) is 0 Å². The monoisotopic (exact) mass is 361 g/mol. The molecule has 2 aromatic rings. The van der Waals surface area contributed by atoms with Crippen molar-refractivity contribution in [2.45, 2.75) is 6.92 Å². The fourth-order valence-electron chi connectivity index (χ4n) is 2.18. The second kappa shape index (κ2) is 7.07. The fourth-order valence-corrected chi connectivity index (χ4v) is 2.56. The topological polar surface area (TPSA) is 47.9 Å². The van der Waals surface area contributed by atoms with Gasteiger partial charge in [0.15, 0.2) is 5.70 Å². The first-order valence-electron chi connectivity index (χ1n) is 7.28. The summed E-state index contributed by atoms with van der Waals surface area (Å²) in [5, 5.41) is 0.671. The van der Waals surface area contributed by atoms with Crippen LogP contribution in [0.2, 0.25) is 10.0 Å². The van der Waals surface area contributed by atoms with Crippen molar-refractivity contribution in [3.05, 3.63) is 69.3 Å². The molecule has 2 aromatic carbocycles. The first-order chi connectivity index (χ1) is 11.6. The van der Waals surface area contributed by atoms with Crippen LogP contribution in [0.5, 0.6) is 5.75 Å². The van der Waals surface area contributed by atoms with Gasteiger partial charge in [0.1, 0.15) is 5.75 Å². The van der Waals surface area contributed by atoms with Crippen molar-refractivity contribution >= 4 is 41.1 Å². The number of cyclic esters (lactones) is 1. The highest BCUT2D eigenvalue weighted by Crippen LogP contribution is 2.29. The van der Waals surface area contributed by atoms with Gasteiger partial charge in [-0.05, 0) is 42.8 Å². The maximum absolute atomic E-state index is 12.0. The predicted molar refractivity (Wildman–Crippen MR) is 94.7 cm³/mol. The van der Waals surface area contributed by atoms with Gasteiger partial charge in [0.2, 0.25) is 5.90 Å². The number of hydrogen-bond donors (Lipinski definition) is 0. The van der Waals surface area contributed by atoms with Crippen molar-refractivity contribution in [3.8, 4) is 5.75 Å². The first-order valence-corrected chi connectivity index (χ1v) is 8.04. The van der Waals surface area contributed by atoms with Crippen LogP contribution >= 0.6 is 23.2 Å². The average molecular weight is 362 g/mol. The van der Waals surface area contributed by atoms with E-state index in [4.69, 9.17) is 32.7 Å². The molecular weight excluding hydrogens is 349 g/mol. The predicted octanol–water partition coefficient (Wildman–Crippen LogP) is 4.74. The molecule has 0 bridgehead atoms. The smallest absolute Gasteiger partial charge is 0.363 e. The van der Waals surface area contributed by atoms with Crippen molar-refractivity contribution < 1.29 is 14.3 Å². The van der Waals surface area contributed by atoms with Gasteiger partial charge in [-0.15, -0.1) is 0 Å². The Hall–Kier alpha value is -2.30. The molecule has 0 spiro atoms. The number of hydrogen-bond acceptors (Lipinski definition) is 4. The molecule has 0 radical (unpaired) electrons. The molecule has 6 heteroatoms. The zero-order chi connectivity index (χ0) is 17.1. The van der Waals surface area contributed by atoms with E-state index in [9.17, 15) is 4.79 Å². The maximum Gasteiger partial charge on any atom is 0.363 e. The third kappa shape index (κ3) is 3.45. The molecule has 0 saturated carbocycles. The zero-order valence-corrected chi connectivity index (χ0v) is 14.3. The second-order valence-corrected chi connectivity index (χ2v) is 5.72. The summed E-state index contributed by atoms with van der Waals surface area (Å²) < 4.78 is 10.6. The molecule has 0 atom stereocenters. The van der Waals surface area contributed by atoms with Crippen LogP contribution in [0.15, 0.2) is 53.2 Å². The van der Waals surface area contributed by atoms with Gasteiger partial charge >= 0.3 is 5.97 Å². The number of carbonyl (C=O) groups excluding carboxylic acids is 1. The molecule has 1 aliphatic heterocycles. The van der Waals surface area contributed by atoms with Crippen LogP contribution in [-0.4, -0.2) is 18.5 Å². The summed E-state index contributed by atoms with van der Waals surface area (Å²) in [7, 11) is 0. The summed E-state index contributed by atoms with van der Waals surface area (Å²) in [6.07, 6.45) is 1.64. The lowest BCUT2D eigenvalue weighted by Crippen LogP contribution is -2.06. The van der Waals surface area contributed by atoms with E-state index < -0.39 is 5.97 Å². The summed E-state index contributed by atoms with van der Waals surface area (Å²) in [5.41, 5.74) is 1.49. The van der Waals surface area contributed by atoms with Crippen LogP contribution in [0.4, 0.5) is 0 Å². The van der Waals surface area contributed by atoms with Crippen molar-refractivity contribution in [1.82, 2.24) is 0 Å². The Morgan fingerprint density at radius 1 is 1.17 bits per heavy atom. The number of nitrogens with zero attached hydrogens (tertiary/aromatic N) is 1. The van der Waals surface area contributed by atoms with Crippen molar-refractivity contribution in [2.75, 3.05) is 6.61 Å². The summed E-state index contributed by atoms with van der Waals surface area (Å²) >= 11 is 12.1. The van der Waals surface area contributed by atoms with Crippen LogP contribution in [0.3, 0.4) is 0 Å². The third-order valence-electron chi connectivity index (χ3n) is 3.30. The van der Waals surface area contributed by atoms with Gasteiger partial charge < -0.3 is 9.47 Å². The van der Waals surface area contributed by atoms with Crippen LogP contribution in [0.1, 0.15) is 18.1 Å². The second-order valence-electron chi connectivity index (χ2n) is 4.94. The summed E-state index contributed by atoms with van der Waals surface area (Å²) in [6.45, 7) is 2.52. The minimum atomic E-state index is -0.532. The number of halogens is 2. The van der Waals surface area contributed by atoms with E-state index in [-0.39, 0.29) is 11.6 Å². The lowest BCUT2D eigenvalue weighted by atomic mass is 10.2.